The molecule has 0 aliphatic rings. The number of halogens is 2. The summed E-state index contributed by atoms with van der Waals surface area (Å²) < 4.78 is 10.0. The minimum absolute atomic E-state index is 0.307. The van der Waals surface area contributed by atoms with Gasteiger partial charge in [-0.05, 0) is 0 Å². The SMILES string of the molecule is O=[S+]CCC(Br)Br. The minimum atomic E-state index is 0.307. The van der Waals surface area contributed by atoms with Crippen LogP contribution in [0.15, 0.2) is 0 Å². The van der Waals surface area contributed by atoms with Crippen molar-refractivity contribution in [1.82, 2.24) is 0 Å². The second kappa shape index (κ2) is 5.12. The number of hydrogen-bond donors (Lipinski definition) is 0. The lowest BCUT2D eigenvalue weighted by molar-refractivity contribution is 0.604. The van der Waals surface area contributed by atoms with E-state index < -0.39 is 0 Å². The molecule has 0 saturated carbocycles. The molecule has 0 aromatic heterocycles. The highest BCUT2D eigenvalue weighted by Crippen LogP contribution is 2.11. The lowest BCUT2D eigenvalue weighted by Crippen LogP contribution is -1.88. The smallest absolute Gasteiger partial charge is 0.0763 e. The van der Waals surface area contributed by atoms with Crippen molar-refractivity contribution < 1.29 is 4.21 Å². The summed E-state index contributed by atoms with van der Waals surface area (Å²) >= 11 is 7.10. The van der Waals surface area contributed by atoms with Crippen molar-refractivity contribution in [1.29, 1.82) is 0 Å². The van der Waals surface area contributed by atoms with Crippen LogP contribution in [-0.2, 0) is 15.9 Å². The molecule has 7 heavy (non-hydrogen) atoms. The Morgan fingerprint density at radius 3 is 2.29 bits per heavy atom. The second-order valence-electron chi connectivity index (χ2n) is 1.00. The summed E-state index contributed by atoms with van der Waals surface area (Å²) in [6, 6.07) is 0. The molecule has 0 saturated heterocycles. The summed E-state index contributed by atoms with van der Waals surface area (Å²) in [6.07, 6.45) is 0.883. The number of rotatable bonds is 3. The maximum atomic E-state index is 9.71. The first-order chi connectivity index (χ1) is 3.27. The molecule has 0 fully saturated rings. The van der Waals surface area contributed by atoms with Crippen molar-refractivity contribution in [3.8, 4) is 0 Å². The van der Waals surface area contributed by atoms with E-state index in [-0.39, 0.29) is 0 Å². The molecule has 0 unspecified atom stereocenters. The van der Waals surface area contributed by atoms with E-state index in [1.807, 2.05) is 0 Å². The molecule has 0 aromatic carbocycles. The Balaban J connectivity index is 2.81. The highest BCUT2D eigenvalue weighted by Gasteiger charge is 2.02. The molecule has 0 rings (SSSR count). The van der Waals surface area contributed by atoms with Crippen LogP contribution in [0.1, 0.15) is 6.42 Å². The average Bonchev–Trinajstić information content (AvgIpc) is 1.61. The average molecular weight is 249 g/mol. The molecule has 0 N–H and O–H groups in total. The van der Waals surface area contributed by atoms with Crippen LogP contribution < -0.4 is 0 Å². The molecule has 0 spiro atoms. The van der Waals surface area contributed by atoms with Gasteiger partial charge in [0.2, 0.25) is 5.75 Å². The van der Waals surface area contributed by atoms with Gasteiger partial charge in [-0.1, -0.05) is 31.9 Å². The lowest BCUT2D eigenvalue weighted by Gasteiger charge is -1.85. The lowest BCUT2D eigenvalue weighted by atomic mass is 10.6. The molecule has 0 bridgehead atoms. The molecule has 0 aliphatic carbocycles. The molecule has 0 heterocycles. The molecule has 4 heteroatoms. The first-order valence-electron chi connectivity index (χ1n) is 1.80. The topological polar surface area (TPSA) is 17.1 Å². The van der Waals surface area contributed by atoms with Crippen LogP contribution >= 0.6 is 31.9 Å². The fourth-order valence-corrected chi connectivity index (χ4v) is 1.53. The van der Waals surface area contributed by atoms with E-state index in [9.17, 15) is 4.21 Å². The standard InChI is InChI=1S/C3H5Br2OS/c4-3(5)1-2-7-6/h3H,1-2H2/q+1. The van der Waals surface area contributed by atoms with Crippen LogP contribution in [0.4, 0.5) is 0 Å². The highest BCUT2D eigenvalue weighted by atomic mass is 79.9. The van der Waals surface area contributed by atoms with Crippen LogP contribution in [0.5, 0.6) is 0 Å². The van der Waals surface area contributed by atoms with Gasteiger partial charge in [-0.15, -0.1) is 0 Å². The van der Waals surface area contributed by atoms with Crippen molar-refractivity contribution in [3.63, 3.8) is 0 Å². The molecular formula is C3H5Br2OS+. The maximum absolute atomic E-state index is 9.71. The van der Waals surface area contributed by atoms with E-state index in [1.165, 1.54) is 0 Å². The Kier molecular flexibility index (Phi) is 5.84. The second-order valence-corrected chi connectivity index (χ2v) is 5.09. The third kappa shape index (κ3) is 6.98. The van der Waals surface area contributed by atoms with Crippen LogP contribution in [0.25, 0.3) is 0 Å². The van der Waals surface area contributed by atoms with Crippen LogP contribution in [0, 0.1) is 0 Å². The van der Waals surface area contributed by atoms with Crippen molar-refractivity contribution in [2.75, 3.05) is 5.75 Å². The summed E-state index contributed by atoms with van der Waals surface area (Å²) in [4.78, 5) is 0. The van der Waals surface area contributed by atoms with Gasteiger partial charge in [-0.25, -0.2) is 0 Å². The van der Waals surface area contributed by atoms with E-state index in [0.29, 0.717) is 21.2 Å². The zero-order valence-electron chi connectivity index (χ0n) is 3.56. The summed E-state index contributed by atoms with van der Waals surface area (Å²) in [5.41, 5.74) is 0. The van der Waals surface area contributed by atoms with Gasteiger partial charge in [0.1, 0.15) is 0 Å². The van der Waals surface area contributed by atoms with Gasteiger partial charge in [-0.2, -0.15) is 0 Å². The fourth-order valence-electron chi connectivity index (χ4n) is 0.137. The van der Waals surface area contributed by atoms with Gasteiger partial charge >= 0.3 is 11.7 Å². The third-order valence-electron chi connectivity index (χ3n) is 0.419. The van der Waals surface area contributed by atoms with E-state index in [4.69, 9.17) is 0 Å². The first-order valence-corrected chi connectivity index (χ1v) is 4.54. The largest absolute Gasteiger partial charge is 0.458 e. The normalized spacial score (nSPS) is 9.57. The zero-order valence-corrected chi connectivity index (χ0v) is 7.55. The molecule has 0 aliphatic heterocycles. The van der Waals surface area contributed by atoms with Crippen LogP contribution in [0.2, 0.25) is 0 Å². The summed E-state index contributed by atoms with van der Waals surface area (Å²) in [6.45, 7) is 0. The fraction of sp³-hybridized carbons (Fsp3) is 1.00. The Labute approximate surface area is 63.6 Å². The maximum Gasteiger partial charge on any atom is 0.458 e. The molecule has 1 nitrogen and oxygen atoms in total. The summed E-state index contributed by atoms with van der Waals surface area (Å²) in [5, 5.41) is 0. The van der Waals surface area contributed by atoms with Gasteiger partial charge in [0.25, 0.3) is 0 Å². The van der Waals surface area contributed by atoms with Crippen LogP contribution in [-0.4, -0.2) is 9.49 Å². The summed E-state index contributed by atoms with van der Waals surface area (Å²) in [7, 11) is 0. The van der Waals surface area contributed by atoms with Crippen molar-refractivity contribution in [2.45, 2.75) is 10.2 Å². The quantitative estimate of drug-likeness (QED) is 0.551. The zero-order chi connectivity index (χ0) is 5.70. The molecule has 0 radical (unpaired) electrons. The van der Waals surface area contributed by atoms with Gasteiger partial charge < -0.3 is 0 Å². The Morgan fingerprint density at radius 1 is 1.57 bits per heavy atom. The molecular weight excluding hydrogens is 244 g/mol. The number of alkyl halides is 2. The predicted molar refractivity (Wildman–Crippen MR) is 39.2 cm³/mol. The van der Waals surface area contributed by atoms with E-state index in [0.717, 1.165) is 6.42 Å². The summed E-state index contributed by atoms with van der Waals surface area (Å²) in [5.74, 6) is 0.668. The first kappa shape index (κ1) is 7.98. The van der Waals surface area contributed by atoms with Crippen LogP contribution in [0.3, 0.4) is 0 Å². The highest BCUT2D eigenvalue weighted by molar-refractivity contribution is 9.24. The minimum Gasteiger partial charge on any atom is -0.0763 e. The van der Waals surface area contributed by atoms with E-state index >= 15 is 0 Å². The third-order valence-corrected chi connectivity index (χ3v) is 1.74. The monoisotopic (exact) mass is 247 g/mol. The Bertz CT molecular complexity index is 56.9. The van der Waals surface area contributed by atoms with Gasteiger partial charge in [-0.3, -0.25) is 0 Å². The van der Waals surface area contributed by atoms with Gasteiger partial charge in [0.05, 0.1) is 3.74 Å². The predicted octanol–water partition coefficient (Wildman–Crippen LogP) is 1.92. The van der Waals surface area contributed by atoms with Crippen molar-refractivity contribution in [3.05, 3.63) is 0 Å². The Hall–Kier alpha value is 0.980. The van der Waals surface area contributed by atoms with E-state index in [1.54, 1.807) is 0 Å². The van der Waals surface area contributed by atoms with Crippen molar-refractivity contribution >= 4 is 43.5 Å². The molecule has 0 aromatic rings. The molecule has 0 amide bonds. The van der Waals surface area contributed by atoms with Gasteiger partial charge in [0.15, 0.2) is 0 Å². The molecule has 0 atom stereocenters. The molecule has 42 valence electrons. The van der Waals surface area contributed by atoms with Gasteiger partial charge in [0, 0.05) is 10.6 Å². The van der Waals surface area contributed by atoms with Crippen molar-refractivity contribution in [2.24, 2.45) is 0 Å². The Morgan fingerprint density at radius 2 is 2.14 bits per heavy atom. The van der Waals surface area contributed by atoms with E-state index in [2.05, 4.69) is 31.9 Å². The number of hydrogen-bond acceptors (Lipinski definition) is 1.